The second kappa shape index (κ2) is 20.9. The zero-order valence-corrected chi connectivity index (χ0v) is 44.7. The minimum atomic E-state index is 0.109. The Bertz CT molecular complexity index is 4350. The maximum atomic E-state index is 6.51. The Morgan fingerprint density at radius 1 is 0.321 bits per heavy atom. The molecule has 392 valence electrons. The fourth-order valence-corrected chi connectivity index (χ4v) is 12.3. The number of hydrogen-bond donors (Lipinski definition) is 0. The van der Waals surface area contributed by atoms with E-state index >= 15 is 0 Å². The zero-order valence-electron chi connectivity index (χ0n) is 44.7. The summed E-state index contributed by atoms with van der Waals surface area (Å²) in [6, 6.07) is 93.5. The minimum absolute atomic E-state index is 0.109. The van der Waals surface area contributed by atoms with E-state index in [0.29, 0.717) is 26.4 Å². The van der Waals surface area contributed by atoms with Gasteiger partial charge in [0, 0.05) is 75.3 Å². The molecule has 0 bridgehead atoms. The van der Waals surface area contributed by atoms with Gasteiger partial charge in [0.2, 0.25) is 0 Å². The van der Waals surface area contributed by atoms with Crippen LogP contribution >= 0.6 is 0 Å². The van der Waals surface area contributed by atoms with Gasteiger partial charge in [-0.1, -0.05) is 170 Å². The molecule has 0 N–H and O–H groups in total. The van der Waals surface area contributed by atoms with E-state index in [4.69, 9.17) is 18.9 Å². The van der Waals surface area contributed by atoms with Crippen molar-refractivity contribution in [3.8, 4) is 45.1 Å². The van der Waals surface area contributed by atoms with Crippen LogP contribution in [0.2, 0.25) is 0 Å². The van der Waals surface area contributed by atoms with Gasteiger partial charge in [-0.05, 0) is 117 Å². The van der Waals surface area contributed by atoms with Gasteiger partial charge in [0.05, 0.1) is 53.2 Å². The van der Waals surface area contributed by atoms with Gasteiger partial charge in [0.15, 0.2) is 0 Å². The van der Waals surface area contributed by atoms with Gasteiger partial charge >= 0.3 is 0 Å². The highest BCUT2D eigenvalue weighted by atomic mass is 16.5. The van der Waals surface area contributed by atoms with Crippen molar-refractivity contribution in [3.63, 3.8) is 0 Å². The summed E-state index contributed by atoms with van der Waals surface area (Å²) in [5, 5.41) is 4.77. The van der Waals surface area contributed by atoms with Crippen LogP contribution in [0.5, 0.6) is 11.5 Å². The van der Waals surface area contributed by atoms with Gasteiger partial charge in [0.25, 0.3) is 0 Å². The molecule has 2 aliphatic rings. The molecule has 0 saturated carbocycles. The predicted octanol–water partition coefficient (Wildman–Crippen LogP) is 18.1. The zero-order chi connectivity index (χ0) is 53.6. The molecule has 15 rings (SSSR count). The average molecular weight is 1050 g/mol. The fraction of sp³-hybridized carbons (Fsp3) is 0.108. The smallest absolute Gasteiger partial charge is 0.125 e. The van der Waals surface area contributed by atoms with Gasteiger partial charge < -0.3 is 33.0 Å². The molecule has 0 saturated heterocycles. The van der Waals surface area contributed by atoms with E-state index in [0.717, 1.165) is 91.2 Å². The van der Waals surface area contributed by atoms with Crippen LogP contribution < -0.4 is 14.4 Å². The van der Waals surface area contributed by atoms with Crippen molar-refractivity contribution in [2.24, 2.45) is 0 Å². The van der Waals surface area contributed by atoms with Crippen molar-refractivity contribution in [2.45, 2.75) is 25.0 Å². The molecule has 0 radical (unpaired) electrons. The summed E-state index contributed by atoms with van der Waals surface area (Å²) in [4.78, 5) is 2.37. The van der Waals surface area contributed by atoms with E-state index in [9.17, 15) is 0 Å². The minimum Gasteiger partial charge on any atom is -0.491 e. The number of para-hydroxylation sites is 3. The average Bonchev–Trinajstić information content (AvgIpc) is 4.10. The van der Waals surface area contributed by atoms with Crippen molar-refractivity contribution < 1.29 is 18.9 Å². The molecule has 7 heteroatoms. The first-order valence-corrected chi connectivity index (χ1v) is 28.1. The molecule has 0 fully saturated rings. The lowest BCUT2D eigenvalue weighted by Gasteiger charge is -2.30. The lowest BCUT2D eigenvalue weighted by Crippen LogP contribution is -2.22. The third kappa shape index (κ3) is 9.07. The van der Waals surface area contributed by atoms with Crippen LogP contribution in [0.3, 0.4) is 0 Å². The standard InChI is InChI=1S/C74H57N3O4/c1-3-15-50(16-4-1)51-27-32-57(33-28-51)75(59-36-37-67-65-23-11-13-25-69(65)76(72(67)48-59)56-19-5-2-6-20-56)58-34-29-52(30-35-58)53-31-38-71-68(43-53)66-24-12-14-26-70(66)77(71)60-46-61(78-39-41-80-73-44-54-17-7-9-21-63(54)73)49-62(47-60)79-40-42-81-74-45-55-18-8-10-22-64(55)74/h1-38,43,46-49,73-74H,39-42,44-45H2. The summed E-state index contributed by atoms with van der Waals surface area (Å²) in [6.45, 7) is 1.78. The van der Waals surface area contributed by atoms with Crippen LogP contribution in [0.15, 0.2) is 261 Å². The van der Waals surface area contributed by atoms with E-state index in [1.807, 2.05) is 6.07 Å². The van der Waals surface area contributed by atoms with Gasteiger partial charge in [-0.2, -0.15) is 0 Å². The molecule has 7 nitrogen and oxygen atoms in total. The number of ether oxygens (including phenoxy) is 4. The Morgan fingerprint density at radius 3 is 1.38 bits per heavy atom. The SMILES string of the molecule is c1ccc(-c2ccc(N(c3ccc(-c4ccc5c(c4)c4ccccc4n5-c4cc(OCCOC5Cc6ccccc65)cc(OCCOC5Cc6ccccc65)c4)cc3)c3ccc4c5ccccc5n(-c5ccccc5)c4c3)cc2)cc1. The summed E-state index contributed by atoms with van der Waals surface area (Å²) in [5.41, 5.74) is 19.7. The maximum absolute atomic E-state index is 6.51. The van der Waals surface area contributed by atoms with Gasteiger partial charge in [0.1, 0.15) is 24.7 Å². The number of aromatic nitrogens is 2. The molecule has 2 aliphatic carbocycles. The first kappa shape index (κ1) is 48.5. The molecular weight excluding hydrogens is 995 g/mol. The lowest BCUT2D eigenvalue weighted by molar-refractivity contribution is 0.0184. The van der Waals surface area contributed by atoms with Crippen LogP contribution in [0.4, 0.5) is 17.1 Å². The maximum Gasteiger partial charge on any atom is 0.125 e. The third-order valence-corrected chi connectivity index (χ3v) is 16.4. The van der Waals surface area contributed by atoms with E-state index in [2.05, 4.69) is 269 Å². The topological polar surface area (TPSA) is 50.0 Å². The first-order chi connectivity index (χ1) is 40.1. The molecule has 81 heavy (non-hydrogen) atoms. The number of fused-ring (bicyclic) bond motifs is 8. The van der Waals surface area contributed by atoms with Gasteiger partial charge in [-0.3, -0.25) is 0 Å². The number of rotatable bonds is 17. The van der Waals surface area contributed by atoms with Crippen molar-refractivity contribution in [2.75, 3.05) is 31.3 Å². The van der Waals surface area contributed by atoms with Crippen molar-refractivity contribution >= 4 is 60.7 Å². The lowest BCUT2D eigenvalue weighted by atomic mass is 9.85. The number of nitrogens with zero attached hydrogens (tertiary/aromatic N) is 3. The first-order valence-electron chi connectivity index (χ1n) is 28.1. The molecule has 11 aromatic carbocycles. The Kier molecular flexibility index (Phi) is 12.5. The summed E-state index contributed by atoms with van der Waals surface area (Å²) in [5.74, 6) is 1.44. The van der Waals surface area contributed by atoms with Gasteiger partial charge in [-0.25, -0.2) is 0 Å². The van der Waals surface area contributed by atoms with Crippen LogP contribution in [0.25, 0.3) is 77.2 Å². The third-order valence-electron chi connectivity index (χ3n) is 16.4. The quantitative estimate of drug-likeness (QED) is 0.0851. The number of anilines is 3. The Balaban J connectivity index is 0.759. The molecule has 0 amide bonds. The highest BCUT2D eigenvalue weighted by molar-refractivity contribution is 6.11. The monoisotopic (exact) mass is 1050 g/mol. The Morgan fingerprint density at radius 2 is 0.778 bits per heavy atom. The number of hydrogen-bond acceptors (Lipinski definition) is 5. The predicted molar refractivity (Wildman–Crippen MR) is 329 cm³/mol. The van der Waals surface area contributed by atoms with Crippen molar-refractivity contribution in [1.29, 1.82) is 0 Å². The highest BCUT2D eigenvalue weighted by Gasteiger charge is 2.27. The fourth-order valence-electron chi connectivity index (χ4n) is 12.3. The molecule has 13 aromatic rings. The molecule has 2 unspecified atom stereocenters. The van der Waals surface area contributed by atoms with Crippen LogP contribution in [0.1, 0.15) is 34.5 Å². The molecule has 2 aromatic heterocycles. The second-order valence-electron chi connectivity index (χ2n) is 21.2. The van der Waals surface area contributed by atoms with E-state index < -0.39 is 0 Å². The normalized spacial score (nSPS) is 14.4. The van der Waals surface area contributed by atoms with E-state index in [1.165, 1.54) is 49.7 Å². The summed E-state index contributed by atoms with van der Waals surface area (Å²) in [7, 11) is 0. The molecule has 2 heterocycles. The van der Waals surface area contributed by atoms with Crippen molar-refractivity contribution in [1.82, 2.24) is 9.13 Å². The van der Waals surface area contributed by atoms with Gasteiger partial charge in [-0.15, -0.1) is 0 Å². The van der Waals surface area contributed by atoms with E-state index in [-0.39, 0.29) is 12.2 Å². The summed E-state index contributed by atoms with van der Waals surface area (Å²) in [6.07, 6.45) is 2.09. The highest BCUT2D eigenvalue weighted by Crippen LogP contribution is 2.43. The molecule has 0 aliphatic heterocycles. The number of benzene rings is 11. The molecule has 0 spiro atoms. The van der Waals surface area contributed by atoms with Crippen LogP contribution in [-0.2, 0) is 22.3 Å². The van der Waals surface area contributed by atoms with Crippen molar-refractivity contribution in [3.05, 3.63) is 283 Å². The summed E-state index contributed by atoms with van der Waals surface area (Å²) >= 11 is 0. The molecule has 2 atom stereocenters. The summed E-state index contributed by atoms with van der Waals surface area (Å²) < 4.78 is 30.3. The molecular formula is C74H57N3O4. The Labute approximate surface area is 471 Å². The van der Waals surface area contributed by atoms with E-state index in [1.54, 1.807) is 0 Å². The Hall–Kier alpha value is -9.66. The largest absolute Gasteiger partial charge is 0.491 e. The van der Waals surface area contributed by atoms with Crippen LogP contribution in [-0.4, -0.2) is 35.6 Å². The second-order valence-corrected chi connectivity index (χ2v) is 21.2. The van der Waals surface area contributed by atoms with Crippen LogP contribution in [0, 0.1) is 0 Å².